The number of carbonyl (C=O) groups excluding carboxylic acids is 1. The fourth-order valence-electron chi connectivity index (χ4n) is 1.51. The molecule has 2 N–H and O–H groups in total. The molecule has 18 heavy (non-hydrogen) atoms. The fraction of sp³-hybridized carbons (Fsp3) is 0.357. The molecule has 0 bridgehead atoms. The van der Waals surface area contributed by atoms with Gasteiger partial charge in [-0.25, -0.2) is 0 Å². The lowest BCUT2D eigenvalue weighted by molar-refractivity contribution is -0.120. The Balaban J connectivity index is 2.20. The minimum absolute atomic E-state index is 0.0134. The summed E-state index contributed by atoms with van der Waals surface area (Å²) in [6.07, 6.45) is 2.53. The molecule has 0 aromatic heterocycles. The van der Waals surface area contributed by atoms with E-state index >= 15 is 0 Å². The van der Waals surface area contributed by atoms with Gasteiger partial charge in [0.05, 0.1) is 13.7 Å². The molecule has 4 heteroatoms. The summed E-state index contributed by atoms with van der Waals surface area (Å²) < 4.78 is 5.15. The summed E-state index contributed by atoms with van der Waals surface area (Å²) in [7, 11) is 1.65. The highest BCUT2D eigenvalue weighted by atomic mass is 16.5. The molecule has 0 spiro atoms. The van der Waals surface area contributed by atoms with Crippen molar-refractivity contribution >= 4 is 5.91 Å². The molecule has 4 nitrogen and oxygen atoms in total. The van der Waals surface area contributed by atoms with Crippen molar-refractivity contribution in [3.8, 4) is 5.75 Å². The number of ether oxygens (including phenoxy) is 1. The van der Waals surface area contributed by atoms with Crippen LogP contribution in [0.3, 0.4) is 0 Å². The van der Waals surface area contributed by atoms with Crippen LogP contribution in [0.4, 0.5) is 0 Å². The Labute approximate surface area is 108 Å². The van der Waals surface area contributed by atoms with E-state index in [-0.39, 0.29) is 5.91 Å². The molecule has 1 aromatic rings. The van der Waals surface area contributed by atoms with E-state index in [0.717, 1.165) is 18.7 Å². The Hall–Kier alpha value is -1.81. The van der Waals surface area contributed by atoms with E-state index in [0.29, 0.717) is 13.1 Å². The van der Waals surface area contributed by atoms with Gasteiger partial charge in [-0.3, -0.25) is 4.79 Å². The van der Waals surface area contributed by atoms with Gasteiger partial charge in [-0.1, -0.05) is 18.2 Å². The van der Waals surface area contributed by atoms with Gasteiger partial charge in [0.25, 0.3) is 0 Å². The first kappa shape index (κ1) is 14.3. The summed E-state index contributed by atoms with van der Waals surface area (Å²) in [6, 6.07) is 7.92. The van der Waals surface area contributed by atoms with Gasteiger partial charge in [0.2, 0.25) is 5.91 Å². The maximum Gasteiger partial charge on any atom is 0.234 e. The SMILES string of the molecule is C=CCNC(=O)CNCCc1cccc(OC)c1. The quantitative estimate of drug-likeness (QED) is 0.535. The van der Waals surface area contributed by atoms with Gasteiger partial charge in [-0.15, -0.1) is 6.58 Å². The maximum absolute atomic E-state index is 11.3. The molecular weight excluding hydrogens is 228 g/mol. The Kier molecular flexibility index (Phi) is 6.58. The van der Waals surface area contributed by atoms with Gasteiger partial charge in [-0.2, -0.15) is 0 Å². The van der Waals surface area contributed by atoms with Crippen molar-refractivity contribution < 1.29 is 9.53 Å². The monoisotopic (exact) mass is 248 g/mol. The van der Waals surface area contributed by atoms with Gasteiger partial charge < -0.3 is 15.4 Å². The number of carbonyl (C=O) groups is 1. The van der Waals surface area contributed by atoms with Crippen molar-refractivity contribution in [1.29, 1.82) is 0 Å². The highest BCUT2D eigenvalue weighted by molar-refractivity contribution is 5.78. The molecule has 0 heterocycles. The van der Waals surface area contributed by atoms with Crippen LogP contribution in [0.5, 0.6) is 5.75 Å². The van der Waals surface area contributed by atoms with Crippen molar-refractivity contribution in [2.75, 3.05) is 26.7 Å². The standard InChI is InChI=1S/C14H20N2O2/c1-3-8-16-14(17)11-15-9-7-12-5-4-6-13(10-12)18-2/h3-6,10,15H,1,7-9,11H2,2H3,(H,16,17). The number of hydrogen-bond donors (Lipinski definition) is 2. The summed E-state index contributed by atoms with van der Waals surface area (Å²) in [6.45, 7) is 5.14. The molecule has 1 rings (SSSR count). The van der Waals surface area contributed by atoms with Crippen LogP contribution in [0.2, 0.25) is 0 Å². The van der Waals surface area contributed by atoms with Gasteiger partial charge in [-0.05, 0) is 30.7 Å². The molecule has 0 radical (unpaired) electrons. The van der Waals surface area contributed by atoms with Crippen molar-refractivity contribution in [3.05, 3.63) is 42.5 Å². The molecule has 0 saturated carbocycles. The summed E-state index contributed by atoms with van der Waals surface area (Å²) in [5.41, 5.74) is 1.19. The molecule has 0 unspecified atom stereocenters. The first-order chi connectivity index (χ1) is 8.76. The van der Waals surface area contributed by atoms with Gasteiger partial charge in [0, 0.05) is 6.54 Å². The average Bonchev–Trinajstić information content (AvgIpc) is 2.41. The molecular formula is C14H20N2O2. The normalized spacial score (nSPS) is 9.83. The molecule has 0 aliphatic heterocycles. The lowest BCUT2D eigenvalue weighted by atomic mass is 10.1. The summed E-state index contributed by atoms with van der Waals surface area (Å²) in [4.78, 5) is 11.3. The summed E-state index contributed by atoms with van der Waals surface area (Å²) in [5, 5.41) is 5.80. The van der Waals surface area contributed by atoms with Crippen LogP contribution in [0.15, 0.2) is 36.9 Å². The Morgan fingerprint density at radius 2 is 2.33 bits per heavy atom. The smallest absolute Gasteiger partial charge is 0.234 e. The van der Waals surface area contributed by atoms with E-state index in [9.17, 15) is 4.79 Å². The lowest BCUT2D eigenvalue weighted by Crippen LogP contribution is -2.34. The van der Waals surface area contributed by atoms with Crippen LogP contribution < -0.4 is 15.4 Å². The zero-order chi connectivity index (χ0) is 13.2. The van der Waals surface area contributed by atoms with Crippen LogP contribution in [-0.4, -0.2) is 32.7 Å². The van der Waals surface area contributed by atoms with Crippen molar-refractivity contribution in [2.24, 2.45) is 0 Å². The molecule has 0 saturated heterocycles. The first-order valence-corrected chi connectivity index (χ1v) is 5.97. The Morgan fingerprint density at radius 1 is 1.50 bits per heavy atom. The molecule has 0 aliphatic carbocycles. The first-order valence-electron chi connectivity index (χ1n) is 5.97. The molecule has 0 fully saturated rings. The van der Waals surface area contributed by atoms with Crippen molar-refractivity contribution in [3.63, 3.8) is 0 Å². The second-order valence-electron chi connectivity index (χ2n) is 3.87. The number of rotatable bonds is 8. The fourth-order valence-corrected chi connectivity index (χ4v) is 1.51. The second-order valence-corrected chi connectivity index (χ2v) is 3.87. The molecule has 98 valence electrons. The topological polar surface area (TPSA) is 50.4 Å². The van der Waals surface area contributed by atoms with Crippen molar-refractivity contribution in [2.45, 2.75) is 6.42 Å². The van der Waals surface area contributed by atoms with E-state index in [1.807, 2.05) is 24.3 Å². The molecule has 0 atom stereocenters. The van der Waals surface area contributed by atoms with Gasteiger partial charge in [0.1, 0.15) is 5.75 Å². The second kappa shape index (κ2) is 8.31. The van der Waals surface area contributed by atoms with Gasteiger partial charge in [0.15, 0.2) is 0 Å². The Bertz CT molecular complexity index is 391. The van der Waals surface area contributed by atoms with Gasteiger partial charge >= 0.3 is 0 Å². The number of methoxy groups -OCH3 is 1. The minimum atomic E-state index is -0.0134. The van der Waals surface area contributed by atoms with Crippen LogP contribution >= 0.6 is 0 Å². The highest BCUT2D eigenvalue weighted by Gasteiger charge is 1.99. The van der Waals surface area contributed by atoms with Crippen molar-refractivity contribution in [1.82, 2.24) is 10.6 Å². The molecule has 1 amide bonds. The number of amides is 1. The van der Waals surface area contributed by atoms with Crippen LogP contribution in [-0.2, 0) is 11.2 Å². The average molecular weight is 248 g/mol. The predicted octanol–water partition coefficient (Wildman–Crippen LogP) is 1.13. The largest absolute Gasteiger partial charge is 0.497 e. The van der Waals surface area contributed by atoms with E-state index in [2.05, 4.69) is 17.2 Å². The summed E-state index contributed by atoms with van der Waals surface area (Å²) in [5.74, 6) is 0.844. The van der Waals surface area contributed by atoms with E-state index < -0.39 is 0 Å². The lowest BCUT2D eigenvalue weighted by Gasteiger charge is -2.06. The third kappa shape index (κ3) is 5.50. The van der Waals surface area contributed by atoms with Crippen LogP contribution in [0, 0.1) is 0 Å². The van der Waals surface area contributed by atoms with Crippen LogP contribution in [0.1, 0.15) is 5.56 Å². The number of benzene rings is 1. The third-order valence-corrected chi connectivity index (χ3v) is 2.45. The zero-order valence-corrected chi connectivity index (χ0v) is 10.7. The van der Waals surface area contributed by atoms with E-state index in [1.54, 1.807) is 13.2 Å². The van der Waals surface area contributed by atoms with Crippen LogP contribution in [0.25, 0.3) is 0 Å². The third-order valence-electron chi connectivity index (χ3n) is 2.45. The molecule has 0 aliphatic rings. The summed E-state index contributed by atoms with van der Waals surface area (Å²) >= 11 is 0. The minimum Gasteiger partial charge on any atom is -0.497 e. The Morgan fingerprint density at radius 3 is 3.06 bits per heavy atom. The van der Waals surface area contributed by atoms with E-state index in [1.165, 1.54) is 5.56 Å². The molecule has 1 aromatic carbocycles. The number of nitrogens with one attached hydrogen (secondary N) is 2. The number of hydrogen-bond acceptors (Lipinski definition) is 3. The predicted molar refractivity (Wildman–Crippen MR) is 72.8 cm³/mol. The maximum atomic E-state index is 11.3. The van der Waals surface area contributed by atoms with E-state index in [4.69, 9.17) is 4.74 Å². The zero-order valence-electron chi connectivity index (χ0n) is 10.7. The highest BCUT2D eigenvalue weighted by Crippen LogP contribution is 2.12.